The number of hydrogen-bond donors (Lipinski definition) is 2. The molecule has 210 valence electrons. The lowest BCUT2D eigenvalue weighted by molar-refractivity contribution is 0.0947. The standard InChI is InChI=1S/C28H30FN5O4S2/c1-2-38-23-8-11-25-26(19-23)39-28(31-25)34-16-14-33(15-17-34)13-12-30-27(35)20-4-3-5-22(18-20)32-40(36,37)24-9-6-21(29)7-10-24/h3-11,18-19,32H,2,12-17H2,1H3,(H,30,35). The van der Waals surface area contributed by atoms with Crippen LogP contribution < -0.4 is 19.7 Å². The molecular weight excluding hydrogens is 553 g/mol. The monoisotopic (exact) mass is 583 g/mol. The molecule has 0 radical (unpaired) electrons. The van der Waals surface area contributed by atoms with E-state index in [0.717, 1.165) is 59.4 Å². The summed E-state index contributed by atoms with van der Waals surface area (Å²) >= 11 is 1.67. The predicted octanol–water partition coefficient (Wildman–Crippen LogP) is 4.19. The number of benzene rings is 3. The number of sulfonamides is 1. The number of nitrogens with zero attached hydrogens (tertiary/aromatic N) is 3. The van der Waals surface area contributed by atoms with Crippen molar-refractivity contribution in [3.63, 3.8) is 0 Å². The molecule has 2 heterocycles. The van der Waals surface area contributed by atoms with E-state index in [2.05, 4.69) is 19.8 Å². The second kappa shape index (κ2) is 12.2. The fourth-order valence-electron chi connectivity index (χ4n) is 4.43. The molecule has 2 N–H and O–H groups in total. The van der Waals surface area contributed by atoms with Crippen molar-refractivity contribution in [1.29, 1.82) is 0 Å². The van der Waals surface area contributed by atoms with E-state index in [1.807, 2.05) is 25.1 Å². The number of carbonyl (C=O) groups excluding carboxylic acids is 1. The molecule has 0 spiro atoms. The minimum absolute atomic E-state index is 0.0669. The molecule has 9 nitrogen and oxygen atoms in total. The van der Waals surface area contributed by atoms with Gasteiger partial charge >= 0.3 is 0 Å². The number of anilines is 2. The first-order chi connectivity index (χ1) is 19.3. The summed E-state index contributed by atoms with van der Waals surface area (Å²) in [5.74, 6) is 0.0434. The SMILES string of the molecule is CCOc1ccc2nc(N3CCN(CCNC(=O)c4cccc(NS(=O)(=O)c5ccc(F)cc5)c4)CC3)sc2c1. The van der Waals surface area contributed by atoms with Crippen molar-refractivity contribution in [3.05, 3.63) is 78.1 Å². The van der Waals surface area contributed by atoms with E-state index in [9.17, 15) is 17.6 Å². The molecular formula is C28H30FN5O4S2. The highest BCUT2D eigenvalue weighted by Crippen LogP contribution is 2.32. The number of aromatic nitrogens is 1. The van der Waals surface area contributed by atoms with Crippen molar-refractivity contribution < 1.29 is 22.3 Å². The highest BCUT2D eigenvalue weighted by molar-refractivity contribution is 7.92. The summed E-state index contributed by atoms with van der Waals surface area (Å²) in [6.45, 7) is 7.18. The summed E-state index contributed by atoms with van der Waals surface area (Å²) < 4.78 is 47.5. The fraction of sp³-hybridized carbons (Fsp3) is 0.286. The summed E-state index contributed by atoms with van der Waals surface area (Å²) in [5, 5.41) is 3.92. The van der Waals surface area contributed by atoms with Gasteiger partial charge in [-0.2, -0.15) is 0 Å². The van der Waals surface area contributed by atoms with Crippen molar-refractivity contribution in [2.24, 2.45) is 0 Å². The number of carbonyl (C=O) groups is 1. The van der Waals surface area contributed by atoms with Crippen molar-refractivity contribution in [2.45, 2.75) is 11.8 Å². The van der Waals surface area contributed by atoms with Crippen LogP contribution in [0, 0.1) is 5.82 Å². The number of halogens is 1. The largest absolute Gasteiger partial charge is 0.494 e. The summed E-state index contributed by atoms with van der Waals surface area (Å²) in [6.07, 6.45) is 0. The zero-order valence-electron chi connectivity index (χ0n) is 22.0. The lowest BCUT2D eigenvalue weighted by Crippen LogP contribution is -2.48. The van der Waals surface area contributed by atoms with Gasteiger partial charge in [-0.15, -0.1) is 0 Å². The van der Waals surface area contributed by atoms with Gasteiger partial charge in [-0.1, -0.05) is 17.4 Å². The molecule has 1 aromatic heterocycles. The molecule has 5 rings (SSSR count). The van der Waals surface area contributed by atoms with Crippen LogP contribution in [-0.2, 0) is 10.0 Å². The smallest absolute Gasteiger partial charge is 0.261 e. The van der Waals surface area contributed by atoms with Crippen LogP contribution in [0.2, 0.25) is 0 Å². The number of nitrogens with one attached hydrogen (secondary N) is 2. The van der Waals surface area contributed by atoms with E-state index < -0.39 is 15.8 Å². The maximum absolute atomic E-state index is 13.1. The molecule has 0 atom stereocenters. The molecule has 0 unspecified atom stereocenters. The minimum atomic E-state index is -3.91. The van der Waals surface area contributed by atoms with Gasteiger partial charge in [0.1, 0.15) is 11.6 Å². The Bertz CT molecular complexity index is 1590. The average Bonchev–Trinajstić information content (AvgIpc) is 3.37. The number of piperazine rings is 1. The highest BCUT2D eigenvalue weighted by atomic mass is 32.2. The Labute approximate surface area is 236 Å². The summed E-state index contributed by atoms with van der Waals surface area (Å²) in [5.41, 5.74) is 1.56. The number of thiazole rings is 1. The van der Waals surface area contributed by atoms with Crippen molar-refractivity contribution >= 4 is 48.3 Å². The van der Waals surface area contributed by atoms with Gasteiger partial charge in [-0.3, -0.25) is 14.4 Å². The van der Waals surface area contributed by atoms with Crippen LogP contribution in [0.4, 0.5) is 15.2 Å². The molecule has 12 heteroatoms. The van der Waals surface area contributed by atoms with Gasteiger partial charge in [0.2, 0.25) is 0 Å². The van der Waals surface area contributed by atoms with Gasteiger partial charge in [-0.05, 0) is 67.6 Å². The topological polar surface area (TPSA) is 104 Å². The molecule has 0 aliphatic carbocycles. The van der Waals surface area contributed by atoms with Crippen molar-refractivity contribution in [1.82, 2.24) is 15.2 Å². The first kappa shape index (κ1) is 27.8. The molecule has 4 aromatic rings. The number of amides is 1. The van der Waals surface area contributed by atoms with Gasteiger partial charge in [-0.25, -0.2) is 17.8 Å². The normalized spacial score (nSPS) is 14.3. The summed E-state index contributed by atoms with van der Waals surface area (Å²) in [7, 11) is -3.91. The number of fused-ring (bicyclic) bond motifs is 1. The summed E-state index contributed by atoms with van der Waals surface area (Å²) in [6, 6.07) is 16.8. The molecule has 0 saturated carbocycles. The van der Waals surface area contributed by atoms with Gasteiger partial charge in [0.05, 0.1) is 21.7 Å². The lowest BCUT2D eigenvalue weighted by atomic mass is 10.2. The van der Waals surface area contributed by atoms with E-state index in [4.69, 9.17) is 9.72 Å². The Hall–Kier alpha value is -3.74. The van der Waals surface area contributed by atoms with E-state index in [0.29, 0.717) is 25.3 Å². The second-order valence-electron chi connectivity index (χ2n) is 9.28. The molecule has 1 saturated heterocycles. The Morgan fingerprint density at radius 3 is 2.58 bits per heavy atom. The molecule has 1 amide bonds. The number of rotatable bonds is 10. The van der Waals surface area contributed by atoms with Gasteiger partial charge in [0.15, 0.2) is 5.13 Å². The maximum atomic E-state index is 13.1. The Balaban J connectivity index is 1.09. The first-order valence-corrected chi connectivity index (χ1v) is 15.3. The van der Waals surface area contributed by atoms with E-state index >= 15 is 0 Å². The molecule has 3 aromatic carbocycles. The van der Waals surface area contributed by atoms with Crippen LogP contribution in [-0.4, -0.2) is 70.1 Å². The van der Waals surface area contributed by atoms with Crippen LogP contribution in [0.3, 0.4) is 0 Å². The average molecular weight is 584 g/mol. The fourth-order valence-corrected chi connectivity index (χ4v) is 6.52. The predicted molar refractivity (Wildman–Crippen MR) is 155 cm³/mol. The van der Waals surface area contributed by atoms with E-state index in [1.165, 1.54) is 18.2 Å². The van der Waals surface area contributed by atoms with Crippen LogP contribution in [0.5, 0.6) is 5.75 Å². The third-order valence-corrected chi connectivity index (χ3v) is 8.99. The number of ether oxygens (including phenoxy) is 1. The van der Waals surface area contributed by atoms with Crippen LogP contribution in [0.1, 0.15) is 17.3 Å². The third kappa shape index (κ3) is 6.69. The maximum Gasteiger partial charge on any atom is 0.261 e. The number of hydrogen-bond acceptors (Lipinski definition) is 8. The van der Waals surface area contributed by atoms with Gasteiger partial charge in [0.25, 0.3) is 15.9 Å². The third-order valence-electron chi connectivity index (χ3n) is 6.52. The van der Waals surface area contributed by atoms with Gasteiger partial charge < -0.3 is 15.0 Å². The van der Waals surface area contributed by atoms with Crippen molar-refractivity contribution in [3.8, 4) is 5.75 Å². The van der Waals surface area contributed by atoms with Crippen molar-refractivity contribution in [2.75, 3.05) is 55.5 Å². The highest BCUT2D eigenvalue weighted by Gasteiger charge is 2.20. The quantitative estimate of drug-likeness (QED) is 0.289. The van der Waals surface area contributed by atoms with Crippen LogP contribution in [0.15, 0.2) is 71.6 Å². The van der Waals surface area contributed by atoms with E-state index in [1.54, 1.807) is 29.5 Å². The second-order valence-corrected chi connectivity index (χ2v) is 12.0. The zero-order valence-corrected chi connectivity index (χ0v) is 23.6. The van der Waals surface area contributed by atoms with Crippen LogP contribution >= 0.6 is 11.3 Å². The summed E-state index contributed by atoms with van der Waals surface area (Å²) in [4.78, 5) is 22.0. The lowest BCUT2D eigenvalue weighted by Gasteiger charge is -2.34. The Morgan fingerprint density at radius 1 is 1.05 bits per heavy atom. The first-order valence-electron chi connectivity index (χ1n) is 13.0. The Kier molecular flexibility index (Phi) is 8.48. The molecule has 0 bridgehead atoms. The molecule has 1 fully saturated rings. The Morgan fingerprint density at radius 2 is 1.82 bits per heavy atom. The van der Waals surface area contributed by atoms with Gasteiger partial charge in [0, 0.05) is 50.5 Å². The molecule has 40 heavy (non-hydrogen) atoms. The minimum Gasteiger partial charge on any atom is -0.494 e. The van der Waals surface area contributed by atoms with E-state index in [-0.39, 0.29) is 16.5 Å². The molecule has 1 aliphatic rings. The van der Waals surface area contributed by atoms with Crippen LogP contribution in [0.25, 0.3) is 10.2 Å². The molecule has 1 aliphatic heterocycles. The zero-order chi connectivity index (χ0) is 28.1.